The van der Waals surface area contributed by atoms with Crippen LogP contribution in [0.5, 0.6) is 0 Å². The van der Waals surface area contributed by atoms with E-state index in [1.165, 1.54) is 7.11 Å². The Labute approximate surface area is 123 Å². The van der Waals surface area contributed by atoms with Crippen LogP contribution in [0.25, 0.3) is 0 Å². The number of hydrogen-bond donors (Lipinski definition) is 2. The number of carbonyl (C=O) groups excluding carboxylic acids is 2. The van der Waals surface area contributed by atoms with Gasteiger partial charge in [-0.05, 0) is 50.1 Å². The van der Waals surface area contributed by atoms with Crippen LogP contribution < -0.4 is 5.32 Å². The summed E-state index contributed by atoms with van der Waals surface area (Å²) >= 11 is 0. The van der Waals surface area contributed by atoms with Crippen molar-refractivity contribution in [3.05, 3.63) is 52.3 Å². The lowest BCUT2D eigenvalue weighted by atomic mass is 10.1. The number of benzene rings is 1. The molecular formula is C16H18N2O3. The van der Waals surface area contributed by atoms with Crippen LogP contribution in [-0.2, 0) is 4.74 Å². The number of carbonyl (C=O) groups is 2. The fourth-order valence-electron chi connectivity index (χ4n) is 2.03. The predicted molar refractivity (Wildman–Crippen MR) is 80.7 cm³/mol. The monoisotopic (exact) mass is 286 g/mol. The average molecular weight is 286 g/mol. The molecule has 110 valence electrons. The Kier molecular flexibility index (Phi) is 4.12. The van der Waals surface area contributed by atoms with Crippen molar-refractivity contribution in [3.8, 4) is 0 Å². The third kappa shape index (κ3) is 3.13. The number of esters is 1. The highest BCUT2D eigenvalue weighted by Gasteiger charge is 2.17. The molecule has 0 radical (unpaired) electrons. The summed E-state index contributed by atoms with van der Waals surface area (Å²) in [7, 11) is 1.30. The number of aryl methyl sites for hydroxylation is 3. The summed E-state index contributed by atoms with van der Waals surface area (Å²) in [5.74, 6) is -0.777. The Morgan fingerprint density at radius 1 is 1.10 bits per heavy atom. The van der Waals surface area contributed by atoms with Crippen molar-refractivity contribution in [1.82, 2.24) is 4.98 Å². The topological polar surface area (TPSA) is 71.2 Å². The normalized spacial score (nSPS) is 10.3. The van der Waals surface area contributed by atoms with E-state index >= 15 is 0 Å². The predicted octanol–water partition coefficient (Wildman–Crippen LogP) is 2.98. The minimum absolute atomic E-state index is 0.243. The van der Waals surface area contributed by atoms with Crippen molar-refractivity contribution < 1.29 is 14.3 Å². The standard InChI is InChI=1S/C16H18N2O3/c1-9-5-6-12(7-10(9)2)15(19)18-13-8-11(3)17-14(13)16(20)21-4/h5-8,17H,1-4H3,(H,18,19). The first-order valence-corrected chi connectivity index (χ1v) is 6.59. The molecule has 0 bridgehead atoms. The summed E-state index contributed by atoms with van der Waals surface area (Å²) in [4.78, 5) is 26.8. The van der Waals surface area contributed by atoms with E-state index in [0.29, 0.717) is 11.3 Å². The maximum absolute atomic E-state index is 12.3. The number of rotatable bonds is 3. The highest BCUT2D eigenvalue weighted by atomic mass is 16.5. The number of aromatic nitrogens is 1. The first-order chi connectivity index (χ1) is 9.92. The molecular weight excluding hydrogens is 268 g/mol. The van der Waals surface area contributed by atoms with Gasteiger partial charge >= 0.3 is 5.97 Å². The summed E-state index contributed by atoms with van der Waals surface area (Å²) in [6.07, 6.45) is 0. The first kappa shape index (κ1) is 14.8. The Bertz CT molecular complexity index is 702. The van der Waals surface area contributed by atoms with Gasteiger partial charge in [0.05, 0.1) is 12.8 Å². The largest absolute Gasteiger partial charge is 0.464 e. The summed E-state index contributed by atoms with van der Waals surface area (Å²) in [5.41, 5.74) is 4.15. The minimum Gasteiger partial charge on any atom is -0.464 e. The van der Waals surface area contributed by atoms with E-state index in [2.05, 4.69) is 10.3 Å². The van der Waals surface area contributed by atoms with E-state index in [1.54, 1.807) is 19.1 Å². The van der Waals surface area contributed by atoms with Gasteiger partial charge in [0.2, 0.25) is 0 Å². The van der Waals surface area contributed by atoms with Gasteiger partial charge in [-0.25, -0.2) is 4.79 Å². The number of methoxy groups -OCH3 is 1. The summed E-state index contributed by atoms with van der Waals surface area (Å²) in [6.45, 7) is 5.74. The molecule has 1 heterocycles. The molecule has 0 aliphatic rings. The Morgan fingerprint density at radius 2 is 1.81 bits per heavy atom. The quantitative estimate of drug-likeness (QED) is 0.852. The lowest BCUT2D eigenvalue weighted by molar-refractivity contribution is 0.0596. The molecule has 2 N–H and O–H groups in total. The average Bonchev–Trinajstić information content (AvgIpc) is 2.81. The third-order valence-electron chi connectivity index (χ3n) is 3.36. The Balaban J connectivity index is 2.27. The van der Waals surface area contributed by atoms with Gasteiger partial charge in [0.25, 0.3) is 5.91 Å². The second-order valence-corrected chi connectivity index (χ2v) is 4.99. The number of hydrogen-bond acceptors (Lipinski definition) is 3. The summed E-state index contributed by atoms with van der Waals surface area (Å²) < 4.78 is 4.69. The van der Waals surface area contributed by atoms with Crippen LogP contribution in [0.15, 0.2) is 24.3 Å². The molecule has 0 unspecified atom stereocenters. The summed E-state index contributed by atoms with van der Waals surface area (Å²) in [5, 5.41) is 2.74. The molecule has 1 aromatic carbocycles. The van der Waals surface area contributed by atoms with Crippen LogP contribution in [0, 0.1) is 20.8 Å². The van der Waals surface area contributed by atoms with E-state index in [4.69, 9.17) is 4.74 Å². The van der Waals surface area contributed by atoms with Crippen molar-refractivity contribution in [2.24, 2.45) is 0 Å². The molecule has 0 spiro atoms. The van der Waals surface area contributed by atoms with Gasteiger partial charge in [-0.2, -0.15) is 0 Å². The van der Waals surface area contributed by atoms with Gasteiger partial charge < -0.3 is 15.0 Å². The molecule has 0 aliphatic heterocycles. The van der Waals surface area contributed by atoms with Gasteiger partial charge in [0, 0.05) is 11.3 Å². The molecule has 0 saturated carbocycles. The molecule has 0 aliphatic carbocycles. The van der Waals surface area contributed by atoms with Gasteiger partial charge in [0.15, 0.2) is 0 Å². The zero-order chi connectivity index (χ0) is 15.6. The summed E-state index contributed by atoms with van der Waals surface area (Å²) in [6, 6.07) is 7.18. The van der Waals surface area contributed by atoms with Crippen molar-refractivity contribution in [2.75, 3.05) is 12.4 Å². The fraction of sp³-hybridized carbons (Fsp3) is 0.250. The van der Waals surface area contributed by atoms with E-state index in [9.17, 15) is 9.59 Å². The van der Waals surface area contributed by atoms with Crippen LogP contribution in [0.3, 0.4) is 0 Å². The van der Waals surface area contributed by atoms with Crippen LogP contribution in [0.2, 0.25) is 0 Å². The Hall–Kier alpha value is -2.56. The number of aromatic amines is 1. The van der Waals surface area contributed by atoms with Gasteiger partial charge in [-0.15, -0.1) is 0 Å². The number of H-pyrrole nitrogens is 1. The van der Waals surface area contributed by atoms with Gasteiger partial charge in [-0.3, -0.25) is 4.79 Å². The number of amides is 1. The molecule has 21 heavy (non-hydrogen) atoms. The zero-order valence-electron chi connectivity index (χ0n) is 12.5. The van der Waals surface area contributed by atoms with Crippen molar-refractivity contribution in [2.45, 2.75) is 20.8 Å². The second-order valence-electron chi connectivity index (χ2n) is 4.99. The molecule has 1 aromatic heterocycles. The highest BCUT2D eigenvalue weighted by Crippen LogP contribution is 2.19. The van der Waals surface area contributed by atoms with Crippen molar-refractivity contribution >= 4 is 17.6 Å². The number of anilines is 1. The zero-order valence-corrected chi connectivity index (χ0v) is 12.5. The molecule has 0 atom stereocenters. The fourth-order valence-corrected chi connectivity index (χ4v) is 2.03. The molecule has 5 heteroatoms. The van der Waals surface area contributed by atoms with Crippen LogP contribution >= 0.6 is 0 Å². The highest BCUT2D eigenvalue weighted by molar-refractivity contribution is 6.07. The van der Waals surface area contributed by atoms with E-state index in [0.717, 1.165) is 16.8 Å². The minimum atomic E-state index is -0.515. The maximum atomic E-state index is 12.3. The Morgan fingerprint density at radius 3 is 2.43 bits per heavy atom. The van der Waals surface area contributed by atoms with Crippen LogP contribution in [-0.4, -0.2) is 24.0 Å². The number of nitrogens with one attached hydrogen (secondary N) is 2. The second kappa shape index (κ2) is 5.83. The SMILES string of the molecule is COC(=O)c1[nH]c(C)cc1NC(=O)c1ccc(C)c(C)c1. The van der Waals surface area contributed by atoms with E-state index < -0.39 is 5.97 Å². The first-order valence-electron chi connectivity index (χ1n) is 6.59. The maximum Gasteiger partial charge on any atom is 0.356 e. The lowest BCUT2D eigenvalue weighted by Gasteiger charge is -2.07. The van der Waals surface area contributed by atoms with E-state index in [-0.39, 0.29) is 11.6 Å². The molecule has 2 aromatic rings. The number of ether oxygens (including phenoxy) is 1. The molecule has 2 rings (SSSR count). The lowest BCUT2D eigenvalue weighted by Crippen LogP contribution is -2.15. The van der Waals surface area contributed by atoms with Crippen LogP contribution in [0.1, 0.15) is 37.7 Å². The van der Waals surface area contributed by atoms with Gasteiger partial charge in [-0.1, -0.05) is 6.07 Å². The van der Waals surface area contributed by atoms with E-state index in [1.807, 2.05) is 26.0 Å². The molecule has 0 saturated heterocycles. The molecule has 5 nitrogen and oxygen atoms in total. The smallest absolute Gasteiger partial charge is 0.356 e. The van der Waals surface area contributed by atoms with Crippen molar-refractivity contribution in [1.29, 1.82) is 0 Å². The van der Waals surface area contributed by atoms with Gasteiger partial charge in [0.1, 0.15) is 5.69 Å². The van der Waals surface area contributed by atoms with Crippen LogP contribution in [0.4, 0.5) is 5.69 Å². The molecule has 1 amide bonds. The third-order valence-corrected chi connectivity index (χ3v) is 3.36. The van der Waals surface area contributed by atoms with Crippen molar-refractivity contribution in [3.63, 3.8) is 0 Å². The molecule has 0 fully saturated rings.